The summed E-state index contributed by atoms with van der Waals surface area (Å²) in [6.45, 7) is 8.67. The van der Waals surface area contributed by atoms with Crippen LogP contribution in [-0.2, 0) is 4.74 Å². The summed E-state index contributed by atoms with van der Waals surface area (Å²) in [5.74, 6) is 0.485. The van der Waals surface area contributed by atoms with Crippen LogP contribution in [0.5, 0.6) is 0 Å². The summed E-state index contributed by atoms with van der Waals surface area (Å²) in [5.41, 5.74) is 0.205. The molecule has 0 amide bonds. The topological polar surface area (TPSA) is 57.5 Å². The molecule has 2 N–H and O–H groups in total. The molecule has 1 aliphatic rings. The van der Waals surface area contributed by atoms with Gasteiger partial charge in [0.2, 0.25) is 0 Å². The largest absolute Gasteiger partial charge is 0.381 e. The molecule has 1 rings (SSSR count). The Kier molecular flexibility index (Phi) is 4.50. The van der Waals surface area contributed by atoms with Crippen molar-refractivity contribution in [3.63, 3.8) is 0 Å². The molecule has 0 aromatic rings. The fourth-order valence-electron chi connectivity index (χ4n) is 1.57. The zero-order valence-corrected chi connectivity index (χ0v) is 10.5. The Morgan fingerprint density at radius 3 is 2.50 bits per heavy atom. The molecule has 1 heterocycles. The number of hydrogen-bond acceptors (Lipinski definition) is 4. The molecule has 0 aromatic carbocycles. The van der Waals surface area contributed by atoms with Gasteiger partial charge in [-0.15, -0.1) is 0 Å². The second-order valence-electron chi connectivity index (χ2n) is 4.24. The summed E-state index contributed by atoms with van der Waals surface area (Å²) in [6, 6.07) is 0. The average Bonchev–Trinajstić information content (AvgIpc) is 2.26. The number of allylic oxidation sites excluding steroid dienone is 1. The first kappa shape index (κ1) is 13.2. The van der Waals surface area contributed by atoms with Gasteiger partial charge in [-0.2, -0.15) is 0 Å². The van der Waals surface area contributed by atoms with Crippen LogP contribution in [0, 0.1) is 5.41 Å². The summed E-state index contributed by atoms with van der Waals surface area (Å²) in [4.78, 5) is 3.85. The van der Waals surface area contributed by atoms with Crippen LogP contribution in [0.25, 0.3) is 0 Å². The molecule has 0 saturated carbocycles. The van der Waals surface area contributed by atoms with Gasteiger partial charge >= 0.3 is 0 Å². The monoisotopic (exact) mass is 243 g/mol. The van der Waals surface area contributed by atoms with Crippen molar-refractivity contribution in [1.29, 1.82) is 5.41 Å². The first-order valence-corrected chi connectivity index (χ1v) is 5.64. The number of ether oxygens (including phenoxy) is 1. The van der Waals surface area contributed by atoms with Crippen molar-refractivity contribution < 1.29 is 4.74 Å². The third kappa shape index (κ3) is 3.32. The van der Waals surface area contributed by atoms with Crippen molar-refractivity contribution >= 4 is 24.0 Å². The lowest BCUT2D eigenvalue weighted by molar-refractivity contribution is 0.0490. The van der Waals surface area contributed by atoms with Gasteiger partial charge < -0.3 is 15.5 Å². The first-order valence-electron chi connectivity index (χ1n) is 5.26. The maximum Gasteiger partial charge on any atom is 0.146 e. The van der Waals surface area contributed by atoms with Crippen molar-refractivity contribution in [2.75, 3.05) is 13.2 Å². The van der Waals surface area contributed by atoms with E-state index in [0.29, 0.717) is 10.9 Å². The second kappa shape index (κ2) is 5.46. The van der Waals surface area contributed by atoms with E-state index in [1.807, 2.05) is 0 Å². The summed E-state index contributed by atoms with van der Waals surface area (Å²) in [6.07, 6.45) is 1.79. The zero-order chi connectivity index (χ0) is 12.2. The SMILES string of the molecule is C=N/C(NC1(C)CCOCC1)=C(/Cl)C(C)=N. The predicted molar refractivity (Wildman–Crippen MR) is 67.4 cm³/mol. The van der Waals surface area contributed by atoms with Gasteiger partial charge in [-0.05, 0) is 33.4 Å². The normalized spacial score (nSPS) is 20.9. The average molecular weight is 244 g/mol. The van der Waals surface area contributed by atoms with Gasteiger partial charge in [0.1, 0.15) is 10.9 Å². The molecule has 4 nitrogen and oxygen atoms in total. The molecule has 0 aliphatic carbocycles. The summed E-state index contributed by atoms with van der Waals surface area (Å²) < 4.78 is 5.31. The summed E-state index contributed by atoms with van der Waals surface area (Å²) in [5, 5.41) is 11.1. The minimum absolute atomic E-state index is 0.0790. The minimum atomic E-state index is -0.0790. The smallest absolute Gasteiger partial charge is 0.146 e. The van der Waals surface area contributed by atoms with E-state index in [1.165, 1.54) is 0 Å². The molecule has 90 valence electrons. The van der Waals surface area contributed by atoms with E-state index in [9.17, 15) is 0 Å². The van der Waals surface area contributed by atoms with E-state index >= 15 is 0 Å². The van der Waals surface area contributed by atoms with Gasteiger partial charge in [-0.1, -0.05) is 11.6 Å². The Balaban J connectivity index is 2.80. The van der Waals surface area contributed by atoms with Crippen LogP contribution in [0.15, 0.2) is 15.8 Å². The summed E-state index contributed by atoms with van der Waals surface area (Å²) in [7, 11) is 0. The van der Waals surface area contributed by atoms with Crippen LogP contribution in [-0.4, -0.2) is 31.2 Å². The molecule has 5 heteroatoms. The minimum Gasteiger partial charge on any atom is -0.381 e. The first-order chi connectivity index (χ1) is 7.48. The van der Waals surface area contributed by atoms with Crippen LogP contribution in [0.3, 0.4) is 0 Å². The van der Waals surface area contributed by atoms with Gasteiger partial charge in [0.25, 0.3) is 0 Å². The van der Waals surface area contributed by atoms with Gasteiger partial charge in [0.05, 0.1) is 5.71 Å². The van der Waals surface area contributed by atoms with Crippen LogP contribution in [0.4, 0.5) is 0 Å². The predicted octanol–water partition coefficient (Wildman–Crippen LogP) is 2.29. The molecular formula is C11H18ClN3O. The Morgan fingerprint density at radius 2 is 2.06 bits per heavy atom. The molecule has 1 fully saturated rings. The zero-order valence-electron chi connectivity index (χ0n) is 9.77. The number of nitrogens with zero attached hydrogens (tertiary/aromatic N) is 1. The van der Waals surface area contributed by atoms with E-state index in [1.54, 1.807) is 6.92 Å². The highest BCUT2D eigenvalue weighted by atomic mass is 35.5. The molecule has 16 heavy (non-hydrogen) atoms. The van der Waals surface area contributed by atoms with E-state index < -0.39 is 0 Å². The van der Waals surface area contributed by atoms with Crippen molar-refractivity contribution in [1.82, 2.24) is 5.32 Å². The third-order valence-corrected chi connectivity index (χ3v) is 3.17. The summed E-state index contributed by atoms with van der Waals surface area (Å²) >= 11 is 5.99. The quantitative estimate of drug-likeness (QED) is 0.745. The maximum atomic E-state index is 7.47. The van der Waals surface area contributed by atoms with Gasteiger partial charge in [-0.25, -0.2) is 4.99 Å². The highest BCUT2D eigenvalue weighted by Gasteiger charge is 2.28. The molecule has 0 atom stereocenters. The number of nitrogens with one attached hydrogen (secondary N) is 2. The molecule has 0 spiro atoms. The number of halogens is 1. The Bertz CT molecular complexity index is 319. The number of aliphatic imine (C=N–C) groups is 1. The van der Waals surface area contributed by atoms with Crippen molar-refractivity contribution in [2.45, 2.75) is 32.2 Å². The van der Waals surface area contributed by atoms with Crippen LogP contribution in [0.1, 0.15) is 26.7 Å². The lowest BCUT2D eigenvalue weighted by atomic mass is 9.92. The molecule has 0 aromatic heterocycles. The van der Waals surface area contributed by atoms with Crippen molar-refractivity contribution in [3.05, 3.63) is 10.9 Å². The number of rotatable bonds is 4. The second-order valence-corrected chi connectivity index (χ2v) is 4.62. The highest BCUT2D eigenvalue weighted by molar-refractivity contribution is 6.43. The van der Waals surface area contributed by atoms with E-state index in [0.717, 1.165) is 26.1 Å². The lowest BCUT2D eigenvalue weighted by Crippen LogP contribution is -2.46. The van der Waals surface area contributed by atoms with Gasteiger partial charge in [-0.3, -0.25) is 0 Å². The van der Waals surface area contributed by atoms with Gasteiger partial charge in [0, 0.05) is 18.8 Å². The van der Waals surface area contributed by atoms with E-state index in [-0.39, 0.29) is 11.3 Å². The Labute approximate surface area is 101 Å². The molecule has 1 aliphatic heterocycles. The molecule has 1 saturated heterocycles. The molecular weight excluding hydrogens is 226 g/mol. The van der Waals surface area contributed by atoms with Crippen molar-refractivity contribution in [3.8, 4) is 0 Å². The van der Waals surface area contributed by atoms with E-state index in [2.05, 4.69) is 24.0 Å². The Hall–Kier alpha value is -0.870. The maximum absolute atomic E-state index is 7.47. The molecule has 0 unspecified atom stereocenters. The Morgan fingerprint density at radius 1 is 1.50 bits per heavy atom. The third-order valence-electron chi connectivity index (χ3n) is 2.71. The highest BCUT2D eigenvalue weighted by Crippen LogP contribution is 2.23. The number of hydrogen-bond donors (Lipinski definition) is 2. The lowest BCUT2D eigenvalue weighted by Gasteiger charge is -2.35. The van der Waals surface area contributed by atoms with Gasteiger partial charge in [0.15, 0.2) is 0 Å². The van der Waals surface area contributed by atoms with Crippen molar-refractivity contribution in [2.24, 2.45) is 4.99 Å². The fraction of sp³-hybridized carbons (Fsp3) is 0.636. The van der Waals surface area contributed by atoms with Crippen LogP contribution >= 0.6 is 11.6 Å². The van der Waals surface area contributed by atoms with E-state index in [4.69, 9.17) is 21.7 Å². The molecule has 0 bridgehead atoms. The fourth-order valence-corrected chi connectivity index (χ4v) is 1.68. The van der Waals surface area contributed by atoms with Crippen LogP contribution in [0.2, 0.25) is 0 Å². The molecule has 0 radical (unpaired) electrons. The van der Waals surface area contributed by atoms with Crippen LogP contribution < -0.4 is 5.32 Å². The standard InChI is InChI=1S/C11H18ClN3O/c1-8(13)9(12)10(14-3)15-11(2)4-6-16-7-5-11/h13,15H,3-7H2,1-2H3/b10-9-,13-8?.